The van der Waals surface area contributed by atoms with Crippen molar-refractivity contribution in [3.8, 4) is 5.75 Å². The summed E-state index contributed by atoms with van der Waals surface area (Å²) in [7, 11) is 3.02. The smallest absolute Gasteiger partial charge is 0.295 e. The van der Waals surface area contributed by atoms with Crippen LogP contribution in [0.2, 0.25) is 5.02 Å². The van der Waals surface area contributed by atoms with Crippen LogP contribution >= 0.6 is 11.6 Å². The van der Waals surface area contributed by atoms with Gasteiger partial charge in [0.15, 0.2) is 0 Å². The number of amides is 1. The minimum absolute atomic E-state index is 0.0108. The molecule has 146 valence electrons. The molecule has 0 aromatic heterocycles. The van der Waals surface area contributed by atoms with Gasteiger partial charge in [-0.25, -0.2) is 0 Å². The summed E-state index contributed by atoms with van der Waals surface area (Å²) >= 11 is 6.12. The lowest BCUT2D eigenvalue weighted by molar-refractivity contribution is -0.140. The highest BCUT2D eigenvalue weighted by Crippen LogP contribution is 2.40. The lowest BCUT2D eigenvalue weighted by Crippen LogP contribution is -2.32. The molecule has 0 spiro atoms. The predicted molar refractivity (Wildman–Crippen MR) is 105 cm³/mol. The van der Waals surface area contributed by atoms with Crippen molar-refractivity contribution in [1.29, 1.82) is 0 Å². The van der Waals surface area contributed by atoms with Crippen LogP contribution in [-0.2, 0) is 14.3 Å². The molecule has 0 radical (unpaired) electrons. The van der Waals surface area contributed by atoms with Crippen molar-refractivity contribution in [3.05, 3.63) is 70.3 Å². The first kappa shape index (κ1) is 19.9. The lowest BCUT2D eigenvalue weighted by Gasteiger charge is -2.25. The van der Waals surface area contributed by atoms with Gasteiger partial charge in [0.25, 0.3) is 11.7 Å². The SMILES string of the molecule is COCCN1C(=O)C(=O)/C(=C(/O)c2cccc(OC)c2)C1c1cccc(Cl)c1. The second kappa shape index (κ2) is 8.46. The average Bonchev–Trinajstić information content (AvgIpc) is 2.96. The number of hydrogen-bond donors (Lipinski definition) is 1. The number of halogens is 1. The molecule has 6 nitrogen and oxygen atoms in total. The predicted octanol–water partition coefficient (Wildman–Crippen LogP) is 3.42. The summed E-state index contributed by atoms with van der Waals surface area (Å²) in [6.45, 7) is 0.455. The molecule has 1 amide bonds. The molecule has 0 bridgehead atoms. The molecule has 1 heterocycles. The van der Waals surface area contributed by atoms with E-state index in [2.05, 4.69) is 0 Å². The number of benzene rings is 2. The first-order chi connectivity index (χ1) is 13.5. The number of carbonyl (C=O) groups excluding carboxylic acids is 2. The summed E-state index contributed by atoms with van der Waals surface area (Å²) in [6.07, 6.45) is 0. The van der Waals surface area contributed by atoms with E-state index < -0.39 is 17.7 Å². The number of rotatable bonds is 6. The summed E-state index contributed by atoms with van der Waals surface area (Å²) < 4.78 is 10.3. The maximum atomic E-state index is 12.8. The number of hydrogen-bond acceptors (Lipinski definition) is 5. The molecule has 7 heteroatoms. The summed E-state index contributed by atoms with van der Waals surface area (Å²) in [5.41, 5.74) is 1.03. The maximum absolute atomic E-state index is 12.8. The molecular weight excluding hydrogens is 382 g/mol. The maximum Gasteiger partial charge on any atom is 0.295 e. The van der Waals surface area contributed by atoms with Gasteiger partial charge in [0.05, 0.1) is 25.3 Å². The van der Waals surface area contributed by atoms with E-state index >= 15 is 0 Å². The monoisotopic (exact) mass is 401 g/mol. The molecule has 2 aromatic carbocycles. The number of methoxy groups -OCH3 is 2. The Morgan fingerprint density at radius 3 is 2.57 bits per heavy atom. The fourth-order valence-electron chi connectivity index (χ4n) is 3.25. The number of likely N-dealkylation sites (tertiary alicyclic amines) is 1. The van der Waals surface area contributed by atoms with E-state index in [1.165, 1.54) is 19.1 Å². The highest BCUT2D eigenvalue weighted by molar-refractivity contribution is 6.46. The van der Waals surface area contributed by atoms with Crippen LogP contribution in [0.1, 0.15) is 17.2 Å². The second-order valence-electron chi connectivity index (χ2n) is 6.27. The zero-order valence-electron chi connectivity index (χ0n) is 15.5. The first-order valence-corrected chi connectivity index (χ1v) is 9.03. The van der Waals surface area contributed by atoms with Gasteiger partial charge in [-0.15, -0.1) is 0 Å². The Hall–Kier alpha value is -2.83. The molecule has 1 aliphatic rings. The van der Waals surface area contributed by atoms with Gasteiger partial charge in [-0.1, -0.05) is 35.9 Å². The van der Waals surface area contributed by atoms with Crippen LogP contribution in [0.5, 0.6) is 5.75 Å². The van der Waals surface area contributed by atoms with Crippen LogP contribution in [0.4, 0.5) is 0 Å². The average molecular weight is 402 g/mol. The van der Waals surface area contributed by atoms with Crippen molar-refractivity contribution in [3.63, 3.8) is 0 Å². The largest absolute Gasteiger partial charge is 0.507 e. The fourth-order valence-corrected chi connectivity index (χ4v) is 3.45. The van der Waals surface area contributed by atoms with E-state index in [4.69, 9.17) is 21.1 Å². The second-order valence-corrected chi connectivity index (χ2v) is 6.71. The Bertz CT molecular complexity index is 940. The van der Waals surface area contributed by atoms with E-state index in [0.29, 0.717) is 21.9 Å². The third-order valence-electron chi connectivity index (χ3n) is 4.58. The van der Waals surface area contributed by atoms with E-state index in [0.717, 1.165) is 0 Å². The van der Waals surface area contributed by atoms with Crippen LogP contribution in [0, 0.1) is 0 Å². The van der Waals surface area contributed by atoms with Crippen molar-refractivity contribution in [1.82, 2.24) is 4.90 Å². The van der Waals surface area contributed by atoms with Crippen molar-refractivity contribution in [2.24, 2.45) is 0 Å². The van der Waals surface area contributed by atoms with Crippen LogP contribution in [-0.4, -0.2) is 49.1 Å². The van der Waals surface area contributed by atoms with E-state index in [1.807, 2.05) is 0 Å². The quantitative estimate of drug-likeness (QED) is 0.456. The van der Waals surface area contributed by atoms with Crippen LogP contribution < -0.4 is 4.74 Å². The number of ether oxygens (including phenoxy) is 2. The first-order valence-electron chi connectivity index (χ1n) is 8.65. The number of ketones is 1. The molecule has 0 saturated carbocycles. The van der Waals surface area contributed by atoms with Crippen molar-refractivity contribution in [2.45, 2.75) is 6.04 Å². The minimum Gasteiger partial charge on any atom is -0.507 e. The molecule has 1 saturated heterocycles. The highest BCUT2D eigenvalue weighted by atomic mass is 35.5. The molecule has 1 unspecified atom stereocenters. The van der Waals surface area contributed by atoms with Gasteiger partial charge in [-0.3, -0.25) is 9.59 Å². The van der Waals surface area contributed by atoms with E-state index in [9.17, 15) is 14.7 Å². The Labute approximate surface area is 167 Å². The normalized spacial score (nSPS) is 18.5. The minimum atomic E-state index is -0.764. The van der Waals surface area contributed by atoms with Gasteiger partial charge in [0.2, 0.25) is 0 Å². The van der Waals surface area contributed by atoms with Gasteiger partial charge in [0.1, 0.15) is 11.5 Å². The standard InChI is InChI=1S/C21H20ClNO5/c1-27-10-9-23-18(13-5-3-7-15(22)11-13)17(20(25)21(23)26)19(24)14-6-4-8-16(12-14)28-2/h3-8,11-12,18,24H,9-10H2,1-2H3/b19-17+. The summed E-state index contributed by atoms with van der Waals surface area (Å²) in [4.78, 5) is 26.9. The zero-order valence-corrected chi connectivity index (χ0v) is 16.3. The molecule has 1 N–H and O–H groups in total. The fraction of sp³-hybridized carbons (Fsp3) is 0.238. The molecule has 3 rings (SSSR count). The topological polar surface area (TPSA) is 76.1 Å². The molecule has 1 atom stereocenters. The number of Topliss-reactive ketones (excluding diaryl/α,β-unsaturated/α-hetero) is 1. The zero-order chi connectivity index (χ0) is 20.3. The highest BCUT2D eigenvalue weighted by Gasteiger charge is 2.45. The van der Waals surface area contributed by atoms with Crippen molar-refractivity contribution >= 4 is 29.1 Å². The number of aliphatic hydroxyl groups is 1. The van der Waals surface area contributed by atoms with Crippen LogP contribution in [0.15, 0.2) is 54.1 Å². The summed E-state index contributed by atoms with van der Waals surface area (Å²) in [5, 5.41) is 11.4. The molecule has 1 aliphatic heterocycles. The molecule has 1 fully saturated rings. The molecule has 2 aromatic rings. The Morgan fingerprint density at radius 2 is 1.89 bits per heavy atom. The number of aliphatic hydroxyl groups excluding tert-OH is 1. The van der Waals surface area contributed by atoms with E-state index in [-0.39, 0.29) is 24.5 Å². The third-order valence-corrected chi connectivity index (χ3v) is 4.82. The van der Waals surface area contributed by atoms with Gasteiger partial charge in [-0.05, 0) is 29.8 Å². The van der Waals surface area contributed by atoms with Crippen molar-refractivity contribution in [2.75, 3.05) is 27.4 Å². The third kappa shape index (κ3) is 3.74. The molecular formula is C21H20ClNO5. The molecule has 28 heavy (non-hydrogen) atoms. The van der Waals surface area contributed by atoms with E-state index in [1.54, 1.807) is 48.5 Å². The van der Waals surface area contributed by atoms with Crippen LogP contribution in [0.3, 0.4) is 0 Å². The Morgan fingerprint density at radius 1 is 1.14 bits per heavy atom. The summed E-state index contributed by atoms with van der Waals surface area (Å²) in [5.74, 6) is -1.17. The summed E-state index contributed by atoms with van der Waals surface area (Å²) in [6, 6.07) is 12.8. The molecule has 0 aliphatic carbocycles. The Balaban J connectivity index is 2.17. The van der Waals surface area contributed by atoms with Crippen molar-refractivity contribution < 1.29 is 24.2 Å². The number of nitrogens with zero attached hydrogens (tertiary/aromatic N) is 1. The lowest BCUT2D eigenvalue weighted by atomic mass is 9.95. The van der Waals surface area contributed by atoms with Gasteiger partial charge < -0.3 is 19.5 Å². The van der Waals surface area contributed by atoms with Gasteiger partial charge >= 0.3 is 0 Å². The number of carbonyl (C=O) groups is 2. The van der Waals surface area contributed by atoms with Gasteiger partial charge in [0, 0.05) is 24.2 Å². The van der Waals surface area contributed by atoms with Gasteiger partial charge in [-0.2, -0.15) is 0 Å². The van der Waals surface area contributed by atoms with Crippen LogP contribution in [0.25, 0.3) is 5.76 Å². The Kier molecular flexibility index (Phi) is 6.02.